The summed E-state index contributed by atoms with van der Waals surface area (Å²) in [4.78, 5) is 18.9. The Kier molecular flexibility index (Phi) is 5.06. The largest absolute Gasteiger partial charge is 0.389 e. The lowest BCUT2D eigenvalue weighted by molar-refractivity contribution is 0.0695. The molecule has 5 heteroatoms. The number of fused-ring (bicyclic) bond motifs is 1. The standard InChI is InChI=1S/C12H15N3O2.C2H6/c1-12(2,17)7-15-11(16)9-6-14-10-8(9)4-3-5-13-10;1-2/h3-6,17H,7H2,1-2H3,(H,13,14)(H,15,16);1-2H3. The first-order chi connectivity index (χ1) is 8.97. The van der Waals surface area contributed by atoms with Crippen molar-refractivity contribution in [2.24, 2.45) is 0 Å². The van der Waals surface area contributed by atoms with E-state index in [4.69, 9.17) is 0 Å². The van der Waals surface area contributed by atoms with Crippen molar-refractivity contribution in [1.82, 2.24) is 15.3 Å². The van der Waals surface area contributed by atoms with Gasteiger partial charge >= 0.3 is 0 Å². The maximum absolute atomic E-state index is 11.9. The van der Waals surface area contributed by atoms with Crippen molar-refractivity contribution in [2.75, 3.05) is 6.54 Å². The summed E-state index contributed by atoms with van der Waals surface area (Å²) in [5, 5.41) is 13.0. The minimum absolute atomic E-state index is 0.207. The molecule has 5 nitrogen and oxygen atoms in total. The Labute approximate surface area is 113 Å². The van der Waals surface area contributed by atoms with Crippen molar-refractivity contribution in [1.29, 1.82) is 0 Å². The van der Waals surface area contributed by atoms with Crippen LogP contribution in [0.1, 0.15) is 38.1 Å². The molecule has 0 radical (unpaired) electrons. The highest BCUT2D eigenvalue weighted by molar-refractivity contribution is 6.05. The van der Waals surface area contributed by atoms with E-state index in [2.05, 4.69) is 15.3 Å². The molecule has 2 aromatic rings. The second-order valence-electron chi connectivity index (χ2n) is 4.60. The van der Waals surface area contributed by atoms with E-state index in [9.17, 15) is 9.90 Å². The molecular formula is C14H21N3O2. The number of rotatable bonds is 3. The van der Waals surface area contributed by atoms with Gasteiger partial charge in [-0.15, -0.1) is 0 Å². The van der Waals surface area contributed by atoms with Gasteiger partial charge in [0, 0.05) is 24.3 Å². The molecule has 0 atom stereocenters. The summed E-state index contributed by atoms with van der Waals surface area (Å²) in [7, 11) is 0. The van der Waals surface area contributed by atoms with Crippen molar-refractivity contribution in [3.05, 3.63) is 30.1 Å². The molecule has 2 aromatic heterocycles. The zero-order valence-electron chi connectivity index (χ0n) is 11.8. The first-order valence-corrected chi connectivity index (χ1v) is 6.40. The van der Waals surface area contributed by atoms with Crippen molar-refractivity contribution >= 4 is 16.9 Å². The summed E-state index contributed by atoms with van der Waals surface area (Å²) < 4.78 is 0. The molecule has 2 rings (SSSR count). The fraction of sp³-hybridized carbons (Fsp3) is 0.429. The predicted molar refractivity (Wildman–Crippen MR) is 76.1 cm³/mol. The van der Waals surface area contributed by atoms with Gasteiger partial charge in [-0.05, 0) is 26.0 Å². The summed E-state index contributed by atoms with van der Waals surface area (Å²) in [5.74, 6) is -0.216. The fourth-order valence-corrected chi connectivity index (χ4v) is 1.54. The minimum Gasteiger partial charge on any atom is -0.389 e. The number of aliphatic hydroxyl groups is 1. The number of hydrogen-bond donors (Lipinski definition) is 3. The van der Waals surface area contributed by atoms with Crippen LogP contribution < -0.4 is 5.32 Å². The maximum atomic E-state index is 11.9. The van der Waals surface area contributed by atoms with Gasteiger partial charge in [-0.2, -0.15) is 0 Å². The Bertz CT molecular complexity index is 541. The molecule has 0 spiro atoms. The number of nitrogens with one attached hydrogen (secondary N) is 2. The summed E-state index contributed by atoms with van der Waals surface area (Å²) in [6.45, 7) is 7.49. The number of amides is 1. The van der Waals surface area contributed by atoms with E-state index in [0.717, 1.165) is 5.39 Å². The van der Waals surface area contributed by atoms with Crippen LogP contribution in [-0.4, -0.2) is 33.1 Å². The van der Waals surface area contributed by atoms with Gasteiger partial charge in [0.05, 0.1) is 11.2 Å². The molecule has 104 valence electrons. The molecule has 0 unspecified atom stereocenters. The van der Waals surface area contributed by atoms with E-state index in [1.807, 2.05) is 19.9 Å². The molecule has 0 saturated carbocycles. The van der Waals surface area contributed by atoms with Gasteiger partial charge in [0.15, 0.2) is 0 Å². The van der Waals surface area contributed by atoms with Crippen molar-refractivity contribution in [3.63, 3.8) is 0 Å². The molecule has 0 fully saturated rings. The van der Waals surface area contributed by atoms with Crippen LogP contribution in [-0.2, 0) is 0 Å². The van der Waals surface area contributed by atoms with Crippen LogP contribution in [0.4, 0.5) is 0 Å². The lowest BCUT2D eigenvalue weighted by Gasteiger charge is -2.17. The highest BCUT2D eigenvalue weighted by Gasteiger charge is 2.17. The Morgan fingerprint density at radius 1 is 1.47 bits per heavy atom. The molecule has 0 aliphatic rings. The zero-order valence-corrected chi connectivity index (χ0v) is 11.8. The monoisotopic (exact) mass is 263 g/mol. The third-order valence-electron chi connectivity index (χ3n) is 2.38. The van der Waals surface area contributed by atoms with Crippen LogP contribution in [0.3, 0.4) is 0 Å². The number of carbonyl (C=O) groups is 1. The van der Waals surface area contributed by atoms with Crippen LogP contribution in [0.2, 0.25) is 0 Å². The van der Waals surface area contributed by atoms with Gasteiger partial charge in [-0.3, -0.25) is 4.79 Å². The van der Waals surface area contributed by atoms with Crippen LogP contribution in [0.5, 0.6) is 0 Å². The first-order valence-electron chi connectivity index (χ1n) is 6.40. The summed E-state index contributed by atoms with van der Waals surface area (Å²) in [6, 6.07) is 3.61. The SMILES string of the molecule is CC.CC(C)(O)CNC(=O)c1c[nH]c2ncccc12. The van der Waals surface area contributed by atoms with Crippen molar-refractivity contribution in [3.8, 4) is 0 Å². The molecular weight excluding hydrogens is 242 g/mol. The molecule has 0 aliphatic heterocycles. The number of H-pyrrole nitrogens is 1. The fourth-order valence-electron chi connectivity index (χ4n) is 1.54. The van der Waals surface area contributed by atoms with Gasteiger partial charge in [0.2, 0.25) is 0 Å². The Morgan fingerprint density at radius 2 is 2.16 bits per heavy atom. The van der Waals surface area contributed by atoms with Crippen LogP contribution >= 0.6 is 0 Å². The van der Waals surface area contributed by atoms with Crippen LogP contribution in [0.15, 0.2) is 24.5 Å². The van der Waals surface area contributed by atoms with Crippen LogP contribution in [0, 0.1) is 0 Å². The van der Waals surface area contributed by atoms with E-state index in [1.54, 1.807) is 32.3 Å². The van der Waals surface area contributed by atoms with E-state index >= 15 is 0 Å². The third-order valence-corrected chi connectivity index (χ3v) is 2.38. The molecule has 0 aliphatic carbocycles. The summed E-state index contributed by atoms with van der Waals surface area (Å²) >= 11 is 0. The second-order valence-corrected chi connectivity index (χ2v) is 4.60. The van der Waals surface area contributed by atoms with Crippen molar-refractivity contribution < 1.29 is 9.90 Å². The predicted octanol–water partition coefficient (Wildman–Crippen LogP) is 2.09. The van der Waals surface area contributed by atoms with Gasteiger partial charge in [0.1, 0.15) is 5.65 Å². The average molecular weight is 263 g/mol. The number of aromatic amines is 1. The molecule has 1 amide bonds. The second kappa shape index (κ2) is 6.33. The maximum Gasteiger partial charge on any atom is 0.253 e. The highest BCUT2D eigenvalue weighted by Crippen LogP contribution is 2.15. The topological polar surface area (TPSA) is 78.0 Å². The average Bonchev–Trinajstić information content (AvgIpc) is 2.81. The Morgan fingerprint density at radius 3 is 2.79 bits per heavy atom. The van der Waals surface area contributed by atoms with Gasteiger partial charge < -0.3 is 15.4 Å². The molecule has 3 N–H and O–H groups in total. The number of aromatic nitrogens is 2. The van der Waals surface area contributed by atoms with E-state index < -0.39 is 5.60 Å². The highest BCUT2D eigenvalue weighted by atomic mass is 16.3. The Balaban J connectivity index is 0.000000861. The molecule has 2 heterocycles. The quantitative estimate of drug-likeness (QED) is 0.793. The Hall–Kier alpha value is -1.88. The normalized spacial score (nSPS) is 10.8. The lowest BCUT2D eigenvalue weighted by atomic mass is 10.1. The van der Waals surface area contributed by atoms with Gasteiger partial charge in [-0.1, -0.05) is 13.8 Å². The molecule has 19 heavy (non-hydrogen) atoms. The van der Waals surface area contributed by atoms with E-state index in [1.165, 1.54) is 0 Å². The number of pyridine rings is 1. The van der Waals surface area contributed by atoms with E-state index in [0.29, 0.717) is 11.2 Å². The smallest absolute Gasteiger partial charge is 0.253 e. The van der Waals surface area contributed by atoms with Crippen molar-refractivity contribution in [2.45, 2.75) is 33.3 Å². The summed E-state index contributed by atoms with van der Waals surface area (Å²) in [5.41, 5.74) is 0.304. The molecule has 0 aromatic carbocycles. The van der Waals surface area contributed by atoms with E-state index in [-0.39, 0.29) is 12.5 Å². The first kappa shape index (κ1) is 15.2. The zero-order chi connectivity index (χ0) is 14.5. The molecule has 0 saturated heterocycles. The minimum atomic E-state index is -0.917. The molecule has 0 bridgehead atoms. The lowest BCUT2D eigenvalue weighted by Crippen LogP contribution is -2.38. The number of hydrogen-bond acceptors (Lipinski definition) is 3. The number of carbonyl (C=O) groups excluding carboxylic acids is 1. The number of nitrogens with zero attached hydrogens (tertiary/aromatic N) is 1. The van der Waals surface area contributed by atoms with Crippen LogP contribution in [0.25, 0.3) is 11.0 Å². The van der Waals surface area contributed by atoms with Gasteiger partial charge in [0.25, 0.3) is 5.91 Å². The van der Waals surface area contributed by atoms with Gasteiger partial charge in [-0.25, -0.2) is 4.98 Å². The third kappa shape index (κ3) is 4.06. The summed E-state index contributed by atoms with van der Waals surface area (Å²) in [6.07, 6.45) is 3.29.